The van der Waals surface area contributed by atoms with Crippen molar-refractivity contribution in [1.82, 2.24) is 14.2 Å². The molecule has 3 aromatic rings. The number of hydrogen-bond donors (Lipinski definition) is 1. The average molecular weight is 636 g/mol. The van der Waals surface area contributed by atoms with E-state index in [1.54, 1.807) is 13.2 Å². The number of nitrogens with one attached hydrogen (secondary N) is 1. The van der Waals surface area contributed by atoms with Crippen LogP contribution in [-0.4, -0.2) is 67.9 Å². The zero-order chi connectivity index (χ0) is 32.1. The van der Waals surface area contributed by atoms with E-state index in [1.807, 2.05) is 36.9 Å². The first-order valence-electron chi connectivity index (χ1n) is 16.3. The van der Waals surface area contributed by atoms with E-state index in [0.29, 0.717) is 32.0 Å². The molecule has 2 fully saturated rings. The number of fused-ring (bicyclic) bond motifs is 5. The molecular weight excluding hydrogens is 590 g/mol. The van der Waals surface area contributed by atoms with Gasteiger partial charge in [-0.15, -0.1) is 0 Å². The van der Waals surface area contributed by atoms with Crippen LogP contribution in [0.25, 0.3) is 22.2 Å². The van der Waals surface area contributed by atoms with Crippen LogP contribution in [0.15, 0.2) is 36.4 Å². The van der Waals surface area contributed by atoms with Crippen LogP contribution in [0.3, 0.4) is 0 Å². The van der Waals surface area contributed by atoms with Crippen molar-refractivity contribution in [3.63, 3.8) is 0 Å². The van der Waals surface area contributed by atoms with E-state index in [1.165, 1.54) is 18.9 Å². The average Bonchev–Trinajstić information content (AvgIpc) is 3.25. The lowest BCUT2D eigenvalue weighted by Crippen LogP contribution is -2.54. The number of carbonyl (C=O) groups excluding carboxylic acids is 2. The van der Waals surface area contributed by atoms with Crippen molar-refractivity contribution < 1.29 is 27.5 Å². The summed E-state index contributed by atoms with van der Waals surface area (Å²) in [5.74, 6) is 0.329. The number of amides is 2. The summed E-state index contributed by atoms with van der Waals surface area (Å²) in [5.41, 5.74) is 4.81. The number of aromatic nitrogens is 1. The van der Waals surface area contributed by atoms with Gasteiger partial charge in [-0.25, -0.2) is 13.1 Å². The van der Waals surface area contributed by atoms with Gasteiger partial charge in [0.1, 0.15) is 5.75 Å². The Kier molecular flexibility index (Phi) is 8.50. The first kappa shape index (κ1) is 31.6. The molecule has 1 aromatic heterocycles. The van der Waals surface area contributed by atoms with Crippen LogP contribution in [0.5, 0.6) is 5.75 Å². The maximum atomic E-state index is 14.6. The van der Waals surface area contributed by atoms with Gasteiger partial charge in [-0.3, -0.25) is 9.59 Å². The van der Waals surface area contributed by atoms with E-state index in [-0.39, 0.29) is 29.4 Å². The van der Waals surface area contributed by atoms with Gasteiger partial charge < -0.3 is 18.9 Å². The van der Waals surface area contributed by atoms with Gasteiger partial charge in [0.05, 0.1) is 36.2 Å². The third-order valence-electron chi connectivity index (χ3n) is 9.89. The predicted octanol–water partition coefficient (Wildman–Crippen LogP) is 5.64. The lowest BCUT2D eigenvalue weighted by Gasteiger charge is -2.40. The van der Waals surface area contributed by atoms with Crippen molar-refractivity contribution in [3.05, 3.63) is 53.1 Å². The van der Waals surface area contributed by atoms with Gasteiger partial charge in [-0.1, -0.05) is 25.3 Å². The third kappa shape index (κ3) is 5.99. The van der Waals surface area contributed by atoms with Crippen LogP contribution in [0.4, 0.5) is 0 Å². The lowest BCUT2D eigenvalue weighted by molar-refractivity contribution is -0.153. The van der Waals surface area contributed by atoms with Crippen LogP contribution >= 0.6 is 0 Å². The van der Waals surface area contributed by atoms with Crippen molar-refractivity contribution >= 4 is 32.7 Å². The van der Waals surface area contributed by atoms with Gasteiger partial charge in [0, 0.05) is 41.7 Å². The van der Waals surface area contributed by atoms with E-state index in [2.05, 4.69) is 28.3 Å². The van der Waals surface area contributed by atoms with Crippen LogP contribution in [-0.2, 0) is 32.5 Å². The van der Waals surface area contributed by atoms with Crippen molar-refractivity contribution in [2.45, 2.75) is 90.9 Å². The first-order chi connectivity index (χ1) is 21.4. The Hall–Kier alpha value is -3.37. The highest BCUT2D eigenvalue weighted by atomic mass is 32.2. The molecule has 0 bridgehead atoms. The minimum absolute atomic E-state index is 0.0548. The quantitative estimate of drug-likeness (QED) is 0.376. The molecule has 1 N–H and O–H groups in total. The molecule has 1 saturated carbocycles. The van der Waals surface area contributed by atoms with Crippen LogP contribution < -0.4 is 9.46 Å². The zero-order valence-corrected chi connectivity index (χ0v) is 27.8. The number of carbonyl (C=O) groups is 2. The first-order valence-corrected chi connectivity index (χ1v) is 17.9. The number of rotatable bonds is 6. The highest BCUT2D eigenvalue weighted by Crippen LogP contribution is 2.49. The fraction of sp³-hybridized carbons (Fsp3) is 0.543. The molecule has 0 spiro atoms. The monoisotopic (exact) mass is 635 g/mol. The van der Waals surface area contributed by atoms with E-state index >= 15 is 0 Å². The summed E-state index contributed by atoms with van der Waals surface area (Å²) in [6, 6.07) is 11.7. The smallest absolute Gasteiger partial charge is 0.264 e. The Balaban J connectivity index is 1.58. The third-order valence-corrected chi connectivity index (χ3v) is 11.1. The second-order valence-corrected chi connectivity index (χ2v) is 15.5. The molecular formula is C35H45N3O6S. The van der Waals surface area contributed by atoms with Gasteiger partial charge in [0.2, 0.25) is 15.9 Å². The second-order valence-electron chi connectivity index (χ2n) is 13.5. The fourth-order valence-electron chi connectivity index (χ4n) is 7.82. The Morgan fingerprint density at radius 2 is 1.76 bits per heavy atom. The van der Waals surface area contributed by atoms with Crippen LogP contribution in [0.2, 0.25) is 0 Å². The number of sulfonamides is 1. The molecule has 3 aliphatic rings. The number of hydrogen-bond acceptors (Lipinski definition) is 6. The molecule has 0 radical (unpaired) electrons. The summed E-state index contributed by atoms with van der Waals surface area (Å²) < 4.78 is 40.6. The number of nitrogens with zero attached hydrogens (tertiary/aromatic N) is 2. The van der Waals surface area contributed by atoms with Gasteiger partial charge in [-0.2, -0.15) is 0 Å². The lowest BCUT2D eigenvalue weighted by atomic mass is 9.79. The molecule has 242 valence electrons. The highest BCUT2D eigenvalue weighted by molar-refractivity contribution is 7.90. The molecule has 9 nitrogen and oxygen atoms in total. The molecule has 1 unspecified atom stereocenters. The molecule has 1 aliphatic carbocycles. The van der Waals surface area contributed by atoms with E-state index in [0.717, 1.165) is 59.2 Å². The maximum absolute atomic E-state index is 14.6. The molecule has 3 atom stereocenters. The largest absolute Gasteiger partial charge is 0.497 e. The SMILES string of the molecule is CCS(=O)(=O)NC(=O)c1ccc2c(C3CCCCC3)c3n(c2c1)CC(C)(C(=O)N1C[C@@H](C)O[C@@H](C)C1)Cc1cc(OC)ccc1-3. The zero-order valence-electron chi connectivity index (χ0n) is 27.0. The molecule has 10 heteroatoms. The Morgan fingerprint density at radius 3 is 2.42 bits per heavy atom. The summed E-state index contributed by atoms with van der Waals surface area (Å²) >= 11 is 0. The van der Waals surface area contributed by atoms with Gasteiger partial charge in [0.15, 0.2) is 0 Å². The molecule has 2 amide bonds. The van der Waals surface area contributed by atoms with E-state index in [9.17, 15) is 18.0 Å². The molecule has 1 saturated heterocycles. The summed E-state index contributed by atoms with van der Waals surface area (Å²) in [4.78, 5) is 29.7. The minimum Gasteiger partial charge on any atom is -0.497 e. The van der Waals surface area contributed by atoms with Crippen molar-refractivity contribution in [2.75, 3.05) is 26.0 Å². The predicted molar refractivity (Wildman–Crippen MR) is 175 cm³/mol. The normalized spacial score (nSPS) is 24.1. The maximum Gasteiger partial charge on any atom is 0.264 e. The number of morpholine rings is 1. The minimum atomic E-state index is -3.73. The topological polar surface area (TPSA) is 107 Å². The summed E-state index contributed by atoms with van der Waals surface area (Å²) in [7, 11) is -2.07. The standard InChI is InChI=1S/C35H45N3O6S/c1-6-45(41,42)36-33(39)25-12-14-29-30(17-25)38-21-35(4,34(40)37-19-22(2)44-23(3)20-37)18-26-16-27(43-5)13-15-28(26)32(38)31(29)24-10-8-7-9-11-24/h12-17,22-24H,6-11,18-21H2,1-5H3,(H,36,39)/t22-,23+,35?. The van der Waals surface area contributed by atoms with Crippen LogP contribution in [0.1, 0.15) is 87.2 Å². The number of methoxy groups -OCH3 is 1. The van der Waals surface area contributed by atoms with Crippen LogP contribution in [0, 0.1) is 5.41 Å². The Morgan fingerprint density at radius 1 is 1.04 bits per heavy atom. The molecule has 2 aromatic carbocycles. The van der Waals surface area contributed by atoms with Gasteiger partial charge in [-0.05, 0) is 94.3 Å². The molecule has 3 heterocycles. The summed E-state index contributed by atoms with van der Waals surface area (Å²) in [6.07, 6.45) is 6.11. The number of ether oxygens (including phenoxy) is 2. The Bertz CT molecular complexity index is 1730. The molecule has 6 rings (SSSR count). The van der Waals surface area contributed by atoms with E-state index in [4.69, 9.17) is 9.47 Å². The second kappa shape index (κ2) is 12.1. The van der Waals surface area contributed by atoms with Gasteiger partial charge in [0.25, 0.3) is 5.91 Å². The highest BCUT2D eigenvalue weighted by Gasteiger charge is 2.43. The van der Waals surface area contributed by atoms with E-state index < -0.39 is 21.3 Å². The van der Waals surface area contributed by atoms with Gasteiger partial charge >= 0.3 is 0 Å². The van der Waals surface area contributed by atoms with Crippen molar-refractivity contribution in [3.8, 4) is 17.0 Å². The molecule has 2 aliphatic heterocycles. The van der Waals surface area contributed by atoms with Crippen molar-refractivity contribution in [1.29, 1.82) is 0 Å². The van der Waals surface area contributed by atoms with Crippen molar-refractivity contribution in [2.24, 2.45) is 5.41 Å². The fourth-order valence-corrected chi connectivity index (χ4v) is 8.36. The number of benzene rings is 2. The summed E-state index contributed by atoms with van der Waals surface area (Å²) in [5, 5.41) is 1.05. The Labute approximate surface area is 266 Å². The molecule has 45 heavy (non-hydrogen) atoms. The summed E-state index contributed by atoms with van der Waals surface area (Å²) in [6.45, 7) is 9.05.